The lowest BCUT2D eigenvalue weighted by Crippen LogP contribution is -2.37. The highest BCUT2D eigenvalue weighted by Gasteiger charge is 2.27. The van der Waals surface area contributed by atoms with Crippen molar-refractivity contribution >= 4 is 17.2 Å². The second-order valence-electron chi connectivity index (χ2n) is 6.55. The minimum atomic E-state index is 0.324. The van der Waals surface area contributed by atoms with Crippen LogP contribution in [0.25, 0.3) is 0 Å². The van der Waals surface area contributed by atoms with Gasteiger partial charge in [0.05, 0.1) is 6.54 Å². The normalized spacial score (nSPS) is 22.3. The predicted octanol–water partition coefficient (Wildman–Crippen LogP) is 2.20. The molecule has 0 saturated carbocycles. The van der Waals surface area contributed by atoms with E-state index in [0.717, 1.165) is 57.9 Å². The van der Waals surface area contributed by atoms with Gasteiger partial charge in [0.15, 0.2) is 0 Å². The monoisotopic (exact) mass is 330 g/mol. The van der Waals surface area contributed by atoms with Crippen LogP contribution in [0.5, 0.6) is 0 Å². The van der Waals surface area contributed by atoms with Crippen LogP contribution in [0.3, 0.4) is 0 Å². The number of thiophene rings is 1. The Morgan fingerprint density at radius 2 is 2.30 bits per heavy atom. The topological polar surface area (TPSA) is 41.4 Å². The van der Waals surface area contributed by atoms with Gasteiger partial charge in [-0.05, 0) is 17.9 Å². The van der Waals surface area contributed by atoms with Crippen molar-refractivity contribution in [2.24, 2.45) is 5.92 Å². The second-order valence-corrected chi connectivity index (χ2v) is 7.59. The fraction of sp³-hybridized carbons (Fsp3) is 0.529. The highest BCUT2D eigenvalue weighted by atomic mass is 32.1. The minimum Gasteiger partial charge on any atom is -0.342 e. The fourth-order valence-electron chi connectivity index (χ4n) is 3.69. The Hall–Kier alpha value is -1.66. The molecule has 0 spiro atoms. The van der Waals surface area contributed by atoms with Crippen molar-refractivity contribution in [1.82, 2.24) is 19.4 Å². The van der Waals surface area contributed by atoms with Crippen LogP contribution in [0.2, 0.25) is 0 Å². The molecule has 1 fully saturated rings. The maximum absolute atomic E-state index is 12.0. The summed E-state index contributed by atoms with van der Waals surface area (Å²) in [6.07, 6.45) is 5.70. The van der Waals surface area contributed by atoms with Crippen molar-refractivity contribution in [2.45, 2.75) is 32.5 Å². The van der Waals surface area contributed by atoms with Crippen molar-refractivity contribution in [3.05, 3.63) is 40.6 Å². The van der Waals surface area contributed by atoms with Gasteiger partial charge in [-0.25, -0.2) is 4.98 Å². The largest absolute Gasteiger partial charge is 0.342 e. The van der Waals surface area contributed by atoms with Crippen LogP contribution >= 0.6 is 11.3 Å². The van der Waals surface area contributed by atoms with Gasteiger partial charge in [-0.2, -0.15) is 0 Å². The zero-order valence-corrected chi connectivity index (χ0v) is 14.0. The molecule has 0 radical (unpaired) electrons. The average molecular weight is 330 g/mol. The lowest BCUT2D eigenvalue weighted by molar-refractivity contribution is -0.128. The molecular weight excluding hydrogens is 308 g/mol. The lowest BCUT2D eigenvalue weighted by atomic mass is 10.1. The number of carbonyl (C=O) groups excluding carboxylic acids is 1. The molecule has 4 heterocycles. The van der Waals surface area contributed by atoms with Crippen molar-refractivity contribution in [1.29, 1.82) is 0 Å². The molecule has 0 bridgehead atoms. The minimum absolute atomic E-state index is 0.324. The summed E-state index contributed by atoms with van der Waals surface area (Å²) in [5.74, 6) is 1.93. The highest BCUT2D eigenvalue weighted by Crippen LogP contribution is 2.22. The van der Waals surface area contributed by atoms with Gasteiger partial charge < -0.3 is 9.47 Å². The van der Waals surface area contributed by atoms with E-state index in [1.54, 1.807) is 0 Å². The predicted molar refractivity (Wildman–Crippen MR) is 90.0 cm³/mol. The molecule has 1 amide bonds. The molecule has 0 N–H and O–H groups in total. The smallest absolute Gasteiger partial charge is 0.222 e. The third-order valence-corrected chi connectivity index (χ3v) is 5.61. The van der Waals surface area contributed by atoms with Crippen LogP contribution < -0.4 is 0 Å². The lowest BCUT2D eigenvalue weighted by Gasteiger charge is -2.27. The first-order valence-corrected chi connectivity index (χ1v) is 9.18. The Balaban J connectivity index is 1.50. The van der Waals surface area contributed by atoms with Gasteiger partial charge >= 0.3 is 0 Å². The first-order chi connectivity index (χ1) is 11.3. The summed E-state index contributed by atoms with van der Waals surface area (Å²) in [7, 11) is 0. The molecule has 2 aromatic heterocycles. The van der Waals surface area contributed by atoms with Crippen LogP contribution in [0, 0.1) is 5.92 Å². The third-order valence-electron chi connectivity index (χ3n) is 4.75. The molecule has 0 aromatic carbocycles. The molecule has 2 aliphatic rings. The van der Waals surface area contributed by atoms with Crippen LogP contribution in [0.4, 0.5) is 0 Å². The second kappa shape index (κ2) is 6.45. The van der Waals surface area contributed by atoms with Crippen LogP contribution in [0.15, 0.2) is 29.9 Å². The van der Waals surface area contributed by atoms with E-state index in [1.165, 1.54) is 4.88 Å². The molecule has 0 unspecified atom stereocenters. The Labute approximate surface area is 140 Å². The molecular formula is C17H22N4OS. The SMILES string of the molecule is O=C1CCCN1C[C@@H]1CN(Cc2cccs2)Cc2nccn2C1. The number of fused-ring (bicyclic) bond motifs is 1. The van der Waals surface area contributed by atoms with E-state index in [-0.39, 0.29) is 0 Å². The molecule has 5 nitrogen and oxygen atoms in total. The summed E-state index contributed by atoms with van der Waals surface area (Å²) >= 11 is 1.81. The van der Waals surface area contributed by atoms with Crippen molar-refractivity contribution in [3.63, 3.8) is 0 Å². The van der Waals surface area contributed by atoms with Crippen molar-refractivity contribution < 1.29 is 4.79 Å². The van der Waals surface area contributed by atoms with Gasteiger partial charge in [-0.15, -0.1) is 11.3 Å². The molecule has 122 valence electrons. The van der Waals surface area contributed by atoms with Crippen LogP contribution in [-0.2, 0) is 24.4 Å². The zero-order chi connectivity index (χ0) is 15.6. The Kier molecular flexibility index (Phi) is 4.18. The van der Waals surface area contributed by atoms with E-state index in [4.69, 9.17) is 0 Å². The summed E-state index contributed by atoms with van der Waals surface area (Å²) in [5.41, 5.74) is 0. The number of amides is 1. The van der Waals surface area contributed by atoms with E-state index in [2.05, 4.69) is 43.1 Å². The maximum atomic E-state index is 12.0. The summed E-state index contributed by atoms with van der Waals surface area (Å²) in [6.45, 7) is 5.63. The van der Waals surface area contributed by atoms with E-state index in [1.807, 2.05) is 17.5 Å². The van der Waals surface area contributed by atoms with Crippen molar-refractivity contribution in [2.75, 3.05) is 19.6 Å². The number of rotatable bonds is 4. The van der Waals surface area contributed by atoms with Gasteiger partial charge in [0, 0.05) is 62.3 Å². The molecule has 2 aliphatic heterocycles. The van der Waals surface area contributed by atoms with E-state index >= 15 is 0 Å². The number of carbonyl (C=O) groups is 1. The summed E-state index contributed by atoms with van der Waals surface area (Å²) in [5, 5.41) is 2.13. The summed E-state index contributed by atoms with van der Waals surface area (Å²) in [6, 6.07) is 4.31. The molecule has 0 aliphatic carbocycles. The zero-order valence-electron chi connectivity index (χ0n) is 13.2. The number of nitrogens with zero attached hydrogens (tertiary/aromatic N) is 4. The van der Waals surface area contributed by atoms with E-state index in [9.17, 15) is 4.79 Å². The molecule has 1 saturated heterocycles. The van der Waals surface area contributed by atoms with Gasteiger partial charge in [0.25, 0.3) is 0 Å². The maximum Gasteiger partial charge on any atom is 0.222 e. The Morgan fingerprint density at radius 3 is 3.09 bits per heavy atom. The van der Waals surface area contributed by atoms with Gasteiger partial charge in [-0.3, -0.25) is 9.69 Å². The third kappa shape index (κ3) is 3.33. The molecule has 1 atom stereocenters. The summed E-state index contributed by atoms with van der Waals surface area (Å²) < 4.78 is 2.26. The summed E-state index contributed by atoms with van der Waals surface area (Å²) in [4.78, 5) is 22.4. The van der Waals surface area contributed by atoms with E-state index in [0.29, 0.717) is 11.8 Å². The average Bonchev–Trinajstić information content (AvgIpc) is 3.24. The number of imidazole rings is 1. The first-order valence-electron chi connectivity index (χ1n) is 8.30. The van der Waals surface area contributed by atoms with Gasteiger partial charge in [0.1, 0.15) is 5.82 Å². The highest BCUT2D eigenvalue weighted by molar-refractivity contribution is 7.09. The van der Waals surface area contributed by atoms with Crippen LogP contribution in [-0.4, -0.2) is 44.9 Å². The quantitative estimate of drug-likeness (QED) is 0.863. The molecule has 6 heteroatoms. The van der Waals surface area contributed by atoms with E-state index < -0.39 is 0 Å². The van der Waals surface area contributed by atoms with Gasteiger partial charge in [-0.1, -0.05) is 6.07 Å². The molecule has 23 heavy (non-hydrogen) atoms. The first kappa shape index (κ1) is 14.9. The number of hydrogen-bond donors (Lipinski definition) is 0. The van der Waals surface area contributed by atoms with Gasteiger partial charge in [0.2, 0.25) is 5.91 Å². The van der Waals surface area contributed by atoms with Crippen LogP contribution in [0.1, 0.15) is 23.5 Å². The Morgan fingerprint density at radius 1 is 1.35 bits per heavy atom. The standard InChI is InChI=1S/C17H22N4OS/c22-17-4-1-6-21(17)11-14-9-19(12-15-3-2-8-23-15)13-16-18-5-7-20(16)10-14/h2-3,5,7-8,14H,1,4,6,9-13H2/t14-/m1/s1. The molecule has 4 rings (SSSR count). The number of aromatic nitrogens is 2. The van der Waals surface area contributed by atoms with Crippen molar-refractivity contribution in [3.8, 4) is 0 Å². The number of hydrogen-bond acceptors (Lipinski definition) is 4. The number of likely N-dealkylation sites (tertiary alicyclic amines) is 1. The fourth-order valence-corrected chi connectivity index (χ4v) is 4.44. The molecule has 2 aromatic rings. The Bertz CT molecular complexity index is 666.